The molecule has 1 fully saturated rings. The SMILES string of the molecule is Cc1ccccc1C1(CNC(=O)/C(=C/c2ccco2)NC(=O)c2ccccc2)CCOCC1. The molecule has 1 saturated heterocycles. The van der Waals surface area contributed by atoms with Crippen molar-refractivity contribution < 1.29 is 18.7 Å². The van der Waals surface area contributed by atoms with Gasteiger partial charge < -0.3 is 19.8 Å². The van der Waals surface area contributed by atoms with Gasteiger partial charge >= 0.3 is 0 Å². The van der Waals surface area contributed by atoms with Gasteiger partial charge in [-0.25, -0.2) is 0 Å². The summed E-state index contributed by atoms with van der Waals surface area (Å²) in [6, 6.07) is 20.5. The van der Waals surface area contributed by atoms with E-state index in [2.05, 4.69) is 29.7 Å². The van der Waals surface area contributed by atoms with Crippen LogP contribution in [0.1, 0.15) is 40.1 Å². The Morgan fingerprint density at radius 1 is 0.970 bits per heavy atom. The van der Waals surface area contributed by atoms with Crippen LogP contribution >= 0.6 is 0 Å². The Kier molecular flexibility index (Phi) is 7.05. The van der Waals surface area contributed by atoms with Crippen LogP contribution in [0.25, 0.3) is 6.08 Å². The highest BCUT2D eigenvalue weighted by atomic mass is 16.5. The topological polar surface area (TPSA) is 80.6 Å². The third-order valence-corrected chi connectivity index (χ3v) is 6.11. The quantitative estimate of drug-likeness (QED) is 0.535. The molecule has 6 nitrogen and oxygen atoms in total. The zero-order valence-electron chi connectivity index (χ0n) is 18.7. The summed E-state index contributed by atoms with van der Waals surface area (Å²) in [6.45, 7) is 3.82. The molecule has 2 N–H and O–H groups in total. The number of carbonyl (C=O) groups is 2. The Labute approximate surface area is 193 Å². The van der Waals surface area contributed by atoms with Crippen molar-refractivity contribution in [1.82, 2.24) is 10.6 Å². The maximum atomic E-state index is 13.3. The first kappa shape index (κ1) is 22.6. The molecule has 3 aromatic rings. The number of amides is 2. The van der Waals surface area contributed by atoms with E-state index in [1.54, 1.807) is 42.5 Å². The molecule has 4 rings (SSSR count). The molecule has 2 heterocycles. The summed E-state index contributed by atoms with van der Waals surface area (Å²) in [6.07, 6.45) is 4.69. The molecule has 33 heavy (non-hydrogen) atoms. The molecule has 2 amide bonds. The van der Waals surface area contributed by atoms with E-state index < -0.39 is 0 Å². The number of furan rings is 1. The van der Waals surface area contributed by atoms with Crippen LogP contribution in [0.2, 0.25) is 0 Å². The molecule has 0 saturated carbocycles. The van der Waals surface area contributed by atoms with E-state index in [0.29, 0.717) is 31.1 Å². The normalized spacial score (nSPS) is 15.6. The second-order valence-electron chi connectivity index (χ2n) is 8.28. The smallest absolute Gasteiger partial charge is 0.267 e. The van der Waals surface area contributed by atoms with Crippen LogP contribution in [-0.4, -0.2) is 31.6 Å². The number of hydrogen-bond donors (Lipinski definition) is 2. The van der Waals surface area contributed by atoms with Gasteiger partial charge in [0, 0.05) is 36.8 Å². The Morgan fingerprint density at radius 3 is 2.39 bits per heavy atom. The minimum absolute atomic E-state index is 0.130. The standard InChI is InChI=1S/C27H28N2O4/c1-20-8-5-6-12-23(20)27(13-16-32-17-14-27)19-28-26(31)24(18-22-11-7-15-33-22)29-25(30)21-9-3-2-4-10-21/h2-12,15,18H,13-14,16-17,19H2,1H3,(H,28,31)(H,29,30)/b24-18-. The van der Waals surface area contributed by atoms with Gasteiger partial charge in [0.15, 0.2) is 0 Å². The molecule has 1 aliphatic rings. The summed E-state index contributed by atoms with van der Waals surface area (Å²) in [5.41, 5.74) is 2.79. The first-order valence-corrected chi connectivity index (χ1v) is 11.1. The molecule has 0 unspecified atom stereocenters. The highest BCUT2D eigenvalue weighted by Gasteiger charge is 2.36. The molecule has 2 aromatic carbocycles. The summed E-state index contributed by atoms with van der Waals surface area (Å²) >= 11 is 0. The maximum Gasteiger partial charge on any atom is 0.267 e. The lowest BCUT2D eigenvalue weighted by molar-refractivity contribution is -0.118. The molecular formula is C27H28N2O4. The lowest BCUT2D eigenvalue weighted by atomic mass is 9.72. The lowest BCUT2D eigenvalue weighted by Crippen LogP contribution is -2.46. The van der Waals surface area contributed by atoms with E-state index in [4.69, 9.17) is 9.15 Å². The highest BCUT2D eigenvalue weighted by molar-refractivity contribution is 6.05. The third-order valence-electron chi connectivity index (χ3n) is 6.11. The average Bonchev–Trinajstić information content (AvgIpc) is 3.37. The van der Waals surface area contributed by atoms with E-state index in [-0.39, 0.29) is 22.9 Å². The Morgan fingerprint density at radius 2 is 1.70 bits per heavy atom. The molecule has 1 aromatic heterocycles. The fourth-order valence-corrected chi connectivity index (χ4v) is 4.27. The van der Waals surface area contributed by atoms with Crippen molar-refractivity contribution in [3.05, 3.63) is 101 Å². The molecule has 1 aliphatic heterocycles. The summed E-state index contributed by atoms with van der Waals surface area (Å²) in [5.74, 6) is -0.244. The van der Waals surface area contributed by atoms with Gasteiger partial charge in [-0.2, -0.15) is 0 Å². The van der Waals surface area contributed by atoms with Crippen molar-refractivity contribution >= 4 is 17.9 Å². The fraction of sp³-hybridized carbons (Fsp3) is 0.259. The number of ether oxygens (including phenoxy) is 1. The van der Waals surface area contributed by atoms with Gasteiger partial charge in [0.1, 0.15) is 11.5 Å². The van der Waals surface area contributed by atoms with Crippen LogP contribution in [-0.2, 0) is 14.9 Å². The van der Waals surface area contributed by atoms with Crippen LogP contribution in [0.4, 0.5) is 0 Å². The van der Waals surface area contributed by atoms with Crippen molar-refractivity contribution in [1.29, 1.82) is 0 Å². The van der Waals surface area contributed by atoms with Gasteiger partial charge in [0.2, 0.25) is 0 Å². The molecule has 0 radical (unpaired) electrons. The maximum absolute atomic E-state index is 13.3. The molecule has 170 valence electrons. The lowest BCUT2D eigenvalue weighted by Gasteiger charge is -2.39. The summed E-state index contributed by atoms with van der Waals surface area (Å²) in [4.78, 5) is 26.0. The summed E-state index contributed by atoms with van der Waals surface area (Å²) in [5, 5.41) is 5.82. The Bertz CT molecular complexity index is 1110. The zero-order valence-corrected chi connectivity index (χ0v) is 18.7. The Balaban J connectivity index is 1.56. The number of benzene rings is 2. The molecule has 0 atom stereocenters. The predicted octanol–water partition coefficient (Wildman–Crippen LogP) is 4.22. The van der Waals surface area contributed by atoms with Crippen LogP contribution < -0.4 is 10.6 Å². The van der Waals surface area contributed by atoms with Crippen molar-refractivity contribution in [2.75, 3.05) is 19.8 Å². The number of rotatable bonds is 7. The van der Waals surface area contributed by atoms with Crippen LogP contribution in [0.5, 0.6) is 0 Å². The van der Waals surface area contributed by atoms with E-state index >= 15 is 0 Å². The summed E-state index contributed by atoms with van der Waals surface area (Å²) < 4.78 is 11.0. The molecule has 6 heteroatoms. The molecule has 0 spiro atoms. The van der Waals surface area contributed by atoms with E-state index in [0.717, 1.165) is 12.8 Å². The average molecular weight is 445 g/mol. The number of nitrogens with one attached hydrogen (secondary N) is 2. The molecule has 0 aliphatic carbocycles. The first-order chi connectivity index (χ1) is 16.1. The first-order valence-electron chi connectivity index (χ1n) is 11.1. The van der Waals surface area contributed by atoms with Crippen LogP contribution in [0.15, 0.2) is 83.1 Å². The van der Waals surface area contributed by atoms with Crippen molar-refractivity contribution in [2.45, 2.75) is 25.2 Å². The second-order valence-corrected chi connectivity index (χ2v) is 8.28. The van der Waals surface area contributed by atoms with Gasteiger partial charge in [0.25, 0.3) is 11.8 Å². The minimum atomic E-state index is -0.366. The monoisotopic (exact) mass is 444 g/mol. The van der Waals surface area contributed by atoms with Crippen molar-refractivity contribution in [3.8, 4) is 0 Å². The van der Waals surface area contributed by atoms with Gasteiger partial charge in [-0.15, -0.1) is 0 Å². The number of aryl methyl sites for hydroxylation is 1. The van der Waals surface area contributed by atoms with Crippen molar-refractivity contribution in [3.63, 3.8) is 0 Å². The number of hydrogen-bond acceptors (Lipinski definition) is 4. The van der Waals surface area contributed by atoms with Gasteiger partial charge in [0.05, 0.1) is 6.26 Å². The van der Waals surface area contributed by atoms with Gasteiger partial charge in [-0.3, -0.25) is 9.59 Å². The zero-order chi connectivity index (χ0) is 23.1. The van der Waals surface area contributed by atoms with E-state index in [1.165, 1.54) is 17.4 Å². The largest absolute Gasteiger partial charge is 0.465 e. The van der Waals surface area contributed by atoms with Crippen LogP contribution in [0.3, 0.4) is 0 Å². The van der Waals surface area contributed by atoms with E-state index in [9.17, 15) is 9.59 Å². The van der Waals surface area contributed by atoms with E-state index in [1.807, 2.05) is 18.2 Å². The second kappa shape index (κ2) is 10.3. The van der Waals surface area contributed by atoms with Crippen LogP contribution in [0, 0.1) is 6.92 Å². The number of carbonyl (C=O) groups excluding carboxylic acids is 2. The highest BCUT2D eigenvalue weighted by Crippen LogP contribution is 2.36. The van der Waals surface area contributed by atoms with Crippen molar-refractivity contribution in [2.24, 2.45) is 0 Å². The predicted molar refractivity (Wildman–Crippen MR) is 127 cm³/mol. The fourth-order valence-electron chi connectivity index (χ4n) is 4.27. The van der Waals surface area contributed by atoms with Gasteiger partial charge in [-0.05, 0) is 55.2 Å². The molecular weight excluding hydrogens is 416 g/mol. The Hall–Kier alpha value is -3.64. The third kappa shape index (κ3) is 5.41. The molecule has 0 bridgehead atoms. The minimum Gasteiger partial charge on any atom is -0.465 e. The summed E-state index contributed by atoms with van der Waals surface area (Å²) in [7, 11) is 0. The van der Waals surface area contributed by atoms with Gasteiger partial charge in [-0.1, -0.05) is 42.5 Å².